The zero-order valence-electron chi connectivity index (χ0n) is 23.5. The number of hydrogen-bond acceptors (Lipinski definition) is 7. The van der Waals surface area contributed by atoms with Crippen LogP contribution in [-0.4, -0.2) is 89.2 Å². The second-order valence-corrected chi connectivity index (χ2v) is 12.9. The first-order valence-electron chi connectivity index (χ1n) is 13.7. The highest BCUT2D eigenvalue weighted by Crippen LogP contribution is 2.35. The Balaban J connectivity index is 1.65. The van der Waals surface area contributed by atoms with Crippen molar-refractivity contribution in [1.82, 2.24) is 24.1 Å². The smallest absolute Gasteiger partial charge is 0.319 e. The van der Waals surface area contributed by atoms with E-state index in [1.807, 2.05) is 6.92 Å². The van der Waals surface area contributed by atoms with Gasteiger partial charge < -0.3 is 29.9 Å². The van der Waals surface area contributed by atoms with Crippen LogP contribution in [0.5, 0.6) is 5.75 Å². The summed E-state index contributed by atoms with van der Waals surface area (Å²) < 4.78 is 35.6. The first kappa shape index (κ1) is 29.8. The number of imidazole rings is 1. The number of rotatable bonds is 8. The van der Waals surface area contributed by atoms with E-state index in [4.69, 9.17) is 4.74 Å². The van der Waals surface area contributed by atoms with Crippen molar-refractivity contribution in [2.75, 3.05) is 32.1 Å². The molecule has 1 aromatic heterocycles. The van der Waals surface area contributed by atoms with Crippen molar-refractivity contribution >= 4 is 27.6 Å². The lowest BCUT2D eigenvalue weighted by Gasteiger charge is -2.38. The Labute approximate surface area is 235 Å². The number of aromatic nitrogens is 2. The van der Waals surface area contributed by atoms with E-state index >= 15 is 0 Å². The molecule has 1 aromatic carbocycles. The van der Waals surface area contributed by atoms with Crippen LogP contribution in [0.4, 0.5) is 10.5 Å². The molecule has 3 amide bonds. The molecule has 0 radical (unpaired) electrons. The lowest BCUT2D eigenvalue weighted by molar-refractivity contribution is 0.0389. The van der Waals surface area contributed by atoms with Crippen LogP contribution < -0.4 is 15.4 Å². The number of urea groups is 1. The average Bonchev–Trinajstić information content (AvgIpc) is 3.38. The third-order valence-electron chi connectivity index (χ3n) is 7.67. The molecule has 4 rings (SSSR count). The number of nitrogens with one attached hydrogen (secondary N) is 2. The van der Waals surface area contributed by atoms with Gasteiger partial charge in [-0.25, -0.2) is 18.2 Å². The largest absolute Gasteiger partial charge is 0.486 e. The highest BCUT2D eigenvalue weighted by Gasteiger charge is 2.36. The van der Waals surface area contributed by atoms with Crippen LogP contribution in [0.15, 0.2) is 35.7 Å². The Bertz CT molecular complexity index is 1310. The van der Waals surface area contributed by atoms with E-state index in [0.29, 0.717) is 5.69 Å². The molecule has 1 saturated carbocycles. The Morgan fingerprint density at radius 2 is 2.00 bits per heavy atom. The molecule has 2 aromatic rings. The quantitative estimate of drug-likeness (QED) is 0.437. The lowest BCUT2D eigenvalue weighted by atomic mass is 9.96. The van der Waals surface area contributed by atoms with Gasteiger partial charge in [0.25, 0.3) is 15.9 Å². The van der Waals surface area contributed by atoms with E-state index in [-0.39, 0.29) is 53.9 Å². The van der Waals surface area contributed by atoms with Gasteiger partial charge in [0.2, 0.25) is 0 Å². The molecule has 0 unspecified atom stereocenters. The summed E-state index contributed by atoms with van der Waals surface area (Å²) in [6.45, 7) is 3.58. The van der Waals surface area contributed by atoms with Gasteiger partial charge in [-0.15, -0.1) is 0 Å². The van der Waals surface area contributed by atoms with Crippen molar-refractivity contribution in [2.45, 2.75) is 69.2 Å². The van der Waals surface area contributed by atoms with Crippen LogP contribution >= 0.6 is 0 Å². The zero-order chi connectivity index (χ0) is 29.0. The molecular formula is C27H40N6O6S. The molecule has 2 aliphatic rings. The van der Waals surface area contributed by atoms with Gasteiger partial charge in [0.1, 0.15) is 6.10 Å². The van der Waals surface area contributed by atoms with Gasteiger partial charge in [0.05, 0.1) is 36.8 Å². The predicted molar refractivity (Wildman–Crippen MR) is 150 cm³/mol. The Hall–Kier alpha value is -3.16. The lowest BCUT2D eigenvalue weighted by Crippen LogP contribution is -2.50. The molecule has 3 atom stereocenters. The van der Waals surface area contributed by atoms with Crippen molar-refractivity contribution in [3.63, 3.8) is 0 Å². The topological polar surface area (TPSA) is 146 Å². The number of aryl methyl sites for hydroxylation is 1. The number of aliphatic hydroxyl groups is 1. The molecule has 3 N–H and O–H groups in total. The first-order valence-corrected chi connectivity index (χ1v) is 15.2. The first-order chi connectivity index (χ1) is 19.0. The summed E-state index contributed by atoms with van der Waals surface area (Å²) in [4.78, 5) is 32.2. The van der Waals surface area contributed by atoms with E-state index in [2.05, 4.69) is 15.6 Å². The fourth-order valence-corrected chi connectivity index (χ4v) is 6.33. The van der Waals surface area contributed by atoms with Crippen molar-refractivity contribution in [2.24, 2.45) is 13.0 Å². The highest BCUT2D eigenvalue weighted by atomic mass is 32.2. The molecule has 12 nitrogen and oxygen atoms in total. The summed E-state index contributed by atoms with van der Waals surface area (Å²) >= 11 is 0. The maximum Gasteiger partial charge on any atom is 0.319 e. The van der Waals surface area contributed by atoms with Gasteiger partial charge >= 0.3 is 6.03 Å². The van der Waals surface area contributed by atoms with Gasteiger partial charge in [-0.1, -0.05) is 32.3 Å². The van der Waals surface area contributed by atoms with Gasteiger partial charge in [-0.05, 0) is 31.9 Å². The van der Waals surface area contributed by atoms with Gasteiger partial charge in [0, 0.05) is 38.8 Å². The third kappa shape index (κ3) is 6.58. The van der Waals surface area contributed by atoms with Gasteiger partial charge in [-0.3, -0.25) is 4.79 Å². The standard InChI is InChI=1S/C27H40N6O6S/c1-18-13-33(19(2)16-34)26(35)21-11-8-12-22(30-27(36)29-20-9-6-5-7-10-20)25(21)39-23(18)14-32(4)40(37,38)24-15-31(3)17-28-24/h8,11-12,15,17-20,23,34H,5-7,9-10,13-14,16H2,1-4H3,(H2,29,30,36)/t18-,19-,23+/m1/s1. The Morgan fingerprint density at radius 1 is 1.27 bits per heavy atom. The predicted octanol–water partition coefficient (Wildman–Crippen LogP) is 2.42. The second-order valence-electron chi connectivity index (χ2n) is 10.9. The summed E-state index contributed by atoms with van der Waals surface area (Å²) in [6, 6.07) is 4.14. The van der Waals surface area contributed by atoms with Crippen LogP contribution in [0, 0.1) is 5.92 Å². The number of amides is 3. The van der Waals surface area contributed by atoms with Crippen LogP contribution in [-0.2, 0) is 17.1 Å². The van der Waals surface area contributed by atoms with Crippen LogP contribution in [0.1, 0.15) is 56.3 Å². The molecule has 1 aliphatic carbocycles. The summed E-state index contributed by atoms with van der Waals surface area (Å²) in [6.07, 6.45) is 7.29. The summed E-state index contributed by atoms with van der Waals surface area (Å²) in [7, 11) is -0.760. The number of nitrogens with zero attached hydrogens (tertiary/aromatic N) is 4. The van der Waals surface area contributed by atoms with Crippen molar-refractivity contribution in [3.8, 4) is 5.75 Å². The number of hydrogen-bond donors (Lipinski definition) is 3. The molecule has 220 valence electrons. The molecule has 40 heavy (non-hydrogen) atoms. The van der Waals surface area contributed by atoms with E-state index in [0.717, 1.165) is 32.1 Å². The van der Waals surface area contributed by atoms with E-state index in [1.165, 1.54) is 23.9 Å². The number of anilines is 1. The summed E-state index contributed by atoms with van der Waals surface area (Å²) in [5.74, 6) is -0.495. The molecule has 1 aliphatic heterocycles. The minimum Gasteiger partial charge on any atom is -0.486 e. The third-order valence-corrected chi connectivity index (χ3v) is 9.38. The molecule has 0 spiro atoms. The van der Waals surface area contributed by atoms with Crippen LogP contribution in [0.2, 0.25) is 0 Å². The molecule has 0 saturated heterocycles. The van der Waals surface area contributed by atoms with E-state index in [9.17, 15) is 23.1 Å². The number of sulfonamides is 1. The highest BCUT2D eigenvalue weighted by molar-refractivity contribution is 7.89. The SMILES string of the molecule is C[C@@H]1CN([C@H](C)CO)C(=O)c2cccc(NC(=O)NC3CCCCC3)c2O[C@H]1CN(C)S(=O)(=O)c1cn(C)cn1. The molecular weight excluding hydrogens is 536 g/mol. The van der Waals surface area contributed by atoms with Gasteiger partial charge in [0.15, 0.2) is 10.8 Å². The van der Waals surface area contributed by atoms with E-state index in [1.54, 1.807) is 41.6 Å². The molecule has 1 fully saturated rings. The maximum atomic E-state index is 13.7. The van der Waals surface area contributed by atoms with Crippen molar-refractivity contribution in [3.05, 3.63) is 36.3 Å². The zero-order valence-corrected chi connectivity index (χ0v) is 24.4. The van der Waals surface area contributed by atoms with Crippen molar-refractivity contribution < 1.29 is 27.9 Å². The van der Waals surface area contributed by atoms with Crippen LogP contribution in [0.25, 0.3) is 0 Å². The number of benzene rings is 1. The molecule has 13 heteroatoms. The van der Waals surface area contributed by atoms with Crippen molar-refractivity contribution in [1.29, 1.82) is 0 Å². The fraction of sp³-hybridized carbons (Fsp3) is 0.593. The number of carbonyl (C=O) groups is 2. The number of likely N-dealkylation sites (N-methyl/N-ethyl adjacent to an activating group) is 1. The number of carbonyl (C=O) groups excluding carboxylic acids is 2. The fourth-order valence-electron chi connectivity index (χ4n) is 5.18. The Morgan fingerprint density at radius 3 is 2.65 bits per heavy atom. The number of ether oxygens (including phenoxy) is 1. The Kier molecular flexibility index (Phi) is 9.37. The number of para-hydroxylation sites is 1. The minimum atomic E-state index is -3.91. The van der Waals surface area contributed by atoms with Crippen LogP contribution in [0.3, 0.4) is 0 Å². The maximum absolute atomic E-state index is 13.7. The van der Waals surface area contributed by atoms with Gasteiger partial charge in [-0.2, -0.15) is 4.31 Å². The average molecular weight is 577 g/mol. The number of fused-ring (bicyclic) bond motifs is 1. The normalized spacial score (nSPS) is 21.2. The molecule has 2 heterocycles. The second kappa shape index (κ2) is 12.6. The minimum absolute atomic E-state index is 0.0301. The van der Waals surface area contributed by atoms with E-state index < -0.39 is 28.2 Å². The monoisotopic (exact) mass is 576 g/mol. The summed E-state index contributed by atoms with van der Waals surface area (Å²) in [5, 5.41) is 15.7. The number of aliphatic hydroxyl groups excluding tert-OH is 1. The molecule has 0 bridgehead atoms. The summed E-state index contributed by atoms with van der Waals surface area (Å²) in [5.41, 5.74) is 0.535.